The summed E-state index contributed by atoms with van der Waals surface area (Å²) in [7, 11) is 0. The molecule has 0 bridgehead atoms. The highest BCUT2D eigenvalue weighted by Crippen LogP contribution is 2.43. The van der Waals surface area contributed by atoms with Crippen LogP contribution in [0.15, 0.2) is 152 Å². The van der Waals surface area contributed by atoms with Gasteiger partial charge in [0, 0.05) is 16.3 Å². The molecule has 1 aromatic heterocycles. The molecule has 3 heteroatoms. The van der Waals surface area contributed by atoms with Crippen LogP contribution in [0.25, 0.3) is 54.5 Å². The first-order chi connectivity index (χ1) is 20.8. The van der Waals surface area contributed by atoms with Crippen molar-refractivity contribution >= 4 is 49.0 Å². The van der Waals surface area contributed by atoms with Crippen LogP contribution in [0.3, 0.4) is 0 Å². The Labute approximate surface area is 243 Å². The van der Waals surface area contributed by atoms with Crippen molar-refractivity contribution in [1.82, 2.24) is 10.1 Å². The van der Waals surface area contributed by atoms with Gasteiger partial charge in [-0.1, -0.05) is 133 Å². The van der Waals surface area contributed by atoms with Gasteiger partial charge in [0.25, 0.3) is 0 Å². The molecule has 1 unspecified atom stereocenters. The number of aromatic nitrogens is 1. The summed E-state index contributed by atoms with van der Waals surface area (Å²) in [5.41, 5.74) is 12.4. The maximum atomic E-state index is 3.91. The molecule has 42 heavy (non-hydrogen) atoms. The van der Waals surface area contributed by atoms with Crippen molar-refractivity contribution in [3.05, 3.63) is 163 Å². The molecular weight excluding hydrogens is 510 g/mol. The van der Waals surface area contributed by atoms with Gasteiger partial charge in [-0.3, -0.25) is 0 Å². The number of benzene rings is 7. The van der Waals surface area contributed by atoms with Crippen molar-refractivity contribution in [2.75, 3.05) is 5.12 Å². The van der Waals surface area contributed by atoms with Crippen LogP contribution in [0.1, 0.15) is 17.2 Å². The lowest BCUT2D eigenvalue weighted by Gasteiger charge is -2.24. The molecular formula is C39H27N3. The Hall–Kier alpha value is -5.38. The summed E-state index contributed by atoms with van der Waals surface area (Å²) >= 11 is 0. The van der Waals surface area contributed by atoms with Crippen molar-refractivity contribution in [1.29, 1.82) is 0 Å². The predicted octanol–water partition coefficient (Wildman–Crippen LogP) is 9.65. The minimum Gasteiger partial charge on any atom is -0.238 e. The molecule has 1 aliphatic rings. The summed E-state index contributed by atoms with van der Waals surface area (Å²) in [6, 6.07) is 54.8. The lowest BCUT2D eigenvalue weighted by Crippen LogP contribution is -2.39. The maximum Gasteiger partial charge on any atom is 0.0815 e. The topological polar surface area (TPSA) is 20.2 Å². The van der Waals surface area contributed by atoms with Gasteiger partial charge in [-0.2, -0.15) is 0 Å². The number of fused-ring (bicyclic) bond motifs is 8. The Balaban J connectivity index is 1.27. The van der Waals surface area contributed by atoms with Crippen LogP contribution in [0.5, 0.6) is 0 Å². The van der Waals surface area contributed by atoms with E-state index in [1.165, 1.54) is 65.6 Å². The van der Waals surface area contributed by atoms with Crippen LogP contribution in [0.2, 0.25) is 0 Å². The van der Waals surface area contributed by atoms with Crippen LogP contribution in [-0.2, 0) is 0 Å². The fraction of sp³-hybridized carbons (Fsp3) is 0.0256. The van der Waals surface area contributed by atoms with E-state index in [1.807, 2.05) is 0 Å². The monoisotopic (exact) mass is 537 g/mol. The van der Waals surface area contributed by atoms with Crippen molar-refractivity contribution in [2.24, 2.45) is 0 Å². The van der Waals surface area contributed by atoms with Gasteiger partial charge < -0.3 is 0 Å². The number of hydrogen-bond acceptors (Lipinski definition) is 2. The van der Waals surface area contributed by atoms with E-state index in [2.05, 4.69) is 167 Å². The zero-order chi connectivity index (χ0) is 27.6. The molecule has 0 amide bonds. The molecule has 198 valence electrons. The van der Waals surface area contributed by atoms with E-state index in [9.17, 15) is 0 Å². The first-order valence-corrected chi connectivity index (χ1v) is 14.5. The van der Waals surface area contributed by atoms with Gasteiger partial charge >= 0.3 is 0 Å². The second-order valence-corrected chi connectivity index (χ2v) is 11.1. The molecule has 7 aromatic carbocycles. The first kappa shape index (κ1) is 23.3. The second-order valence-electron chi connectivity index (χ2n) is 11.1. The SMILES string of the molecule is c1ccc(-c2ccc(C3NN(n4c5ccc6ccccc6c5c5c6ccccc6ccc54)c4ccccc43)cc2)cc1. The van der Waals surface area contributed by atoms with E-state index in [4.69, 9.17) is 0 Å². The average molecular weight is 538 g/mol. The summed E-state index contributed by atoms with van der Waals surface area (Å²) in [4.78, 5) is 0. The Bertz CT molecular complexity index is 2190. The number of anilines is 1. The van der Waals surface area contributed by atoms with Gasteiger partial charge in [-0.15, -0.1) is 0 Å². The van der Waals surface area contributed by atoms with E-state index in [-0.39, 0.29) is 6.04 Å². The summed E-state index contributed by atoms with van der Waals surface area (Å²) < 4.78 is 2.38. The van der Waals surface area contributed by atoms with E-state index in [0.717, 1.165) is 5.69 Å². The summed E-state index contributed by atoms with van der Waals surface area (Å²) in [6.07, 6.45) is 0. The summed E-state index contributed by atoms with van der Waals surface area (Å²) in [5.74, 6) is 0. The Morgan fingerprint density at radius 2 is 1.00 bits per heavy atom. The minimum atomic E-state index is 0.0273. The number of nitrogens with zero attached hydrogens (tertiary/aromatic N) is 2. The number of para-hydroxylation sites is 1. The van der Waals surface area contributed by atoms with Crippen molar-refractivity contribution in [3.63, 3.8) is 0 Å². The number of nitrogens with one attached hydrogen (secondary N) is 1. The number of rotatable bonds is 3. The Kier molecular flexibility index (Phi) is 5.04. The first-order valence-electron chi connectivity index (χ1n) is 14.5. The minimum absolute atomic E-state index is 0.0273. The molecule has 9 rings (SSSR count). The van der Waals surface area contributed by atoms with E-state index < -0.39 is 0 Å². The third kappa shape index (κ3) is 3.38. The molecule has 2 heterocycles. The van der Waals surface area contributed by atoms with Crippen LogP contribution in [0.4, 0.5) is 5.69 Å². The Morgan fingerprint density at radius 3 is 1.67 bits per heavy atom. The molecule has 3 nitrogen and oxygen atoms in total. The normalized spacial score (nSPS) is 14.8. The maximum absolute atomic E-state index is 3.91. The smallest absolute Gasteiger partial charge is 0.0815 e. The fourth-order valence-corrected chi connectivity index (χ4v) is 6.85. The largest absolute Gasteiger partial charge is 0.238 e. The Morgan fingerprint density at radius 1 is 0.452 bits per heavy atom. The lowest BCUT2D eigenvalue weighted by atomic mass is 9.97. The third-order valence-corrected chi connectivity index (χ3v) is 8.80. The molecule has 0 saturated heterocycles. The van der Waals surface area contributed by atoms with Gasteiger partial charge in [-0.05, 0) is 56.4 Å². The van der Waals surface area contributed by atoms with Gasteiger partial charge in [0.15, 0.2) is 0 Å². The number of hydrogen-bond donors (Lipinski definition) is 1. The quantitative estimate of drug-likeness (QED) is 0.242. The van der Waals surface area contributed by atoms with E-state index >= 15 is 0 Å². The molecule has 0 saturated carbocycles. The van der Waals surface area contributed by atoms with Crippen LogP contribution in [-0.4, -0.2) is 4.68 Å². The zero-order valence-corrected chi connectivity index (χ0v) is 22.9. The molecule has 8 aromatic rings. The predicted molar refractivity (Wildman–Crippen MR) is 176 cm³/mol. The van der Waals surface area contributed by atoms with Crippen LogP contribution >= 0.6 is 0 Å². The highest BCUT2D eigenvalue weighted by molar-refractivity contribution is 6.28. The zero-order valence-electron chi connectivity index (χ0n) is 22.9. The van der Waals surface area contributed by atoms with Gasteiger partial charge in [0.1, 0.15) is 0 Å². The highest BCUT2D eigenvalue weighted by Gasteiger charge is 2.32. The van der Waals surface area contributed by atoms with Gasteiger partial charge in [-0.25, -0.2) is 15.2 Å². The third-order valence-electron chi connectivity index (χ3n) is 8.80. The van der Waals surface area contributed by atoms with Gasteiger partial charge in [0.2, 0.25) is 0 Å². The van der Waals surface area contributed by atoms with Crippen molar-refractivity contribution < 1.29 is 0 Å². The summed E-state index contributed by atoms with van der Waals surface area (Å²) in [6.45, 7) is 0. The fourth-order valence-electron chi connectivity index (χ4n) is 6.85. The van der Waals surface area contributed by atoms with E-state index in [0.29, 0.717) is 0 Å². The molecule has 0 aliphatic carbocycles. The molecule has 1 N–H and O–H groups in total. The van der Waals surface area contributed by atoms with Gasteiger partial charge in [0.05, 0.1) is 22.8 Å². The van der Waals surface area contributed by atoms with Crippen LogP contribution in [0, 0.1) is 0 Å². The molecule has 0 spiro atoms. The van der Waals surface area contributed by atoms with E-state index in [1.54, 1.807) is 0 Å². The second kappa shape index (κ2) is 9.07. The molecule has 0 fully saturated rings. The average Bonchev–Trinajstić information content (AvgIpc) is 3.61. The molecule has 1 aliphatic heterocycles. The standard InChI is InChI=1S/C39H27N3/c1-2-10-26(11-3-1)27-18-20-30(21-19-27)39-33-16-8-9-17-34(33)42(40-39)41-35-24-22-28-12-4-6-14-31(28)37(35)38-32-15-7-5-13-29(32)23-25-36(38)41/h1-25,39-40H. The summed E-state index contributed by atoms with van der Waals surface area (Å²) in [5, 5.41) is 9.89. The van der Waals surface area contributed by atoms with Crippen molar-refractivity contribution in [2.45, 2.75) is 6.04 Å². The molecule has 0 radical (unpaired) electrons. The van der Waals surface area contributed by atoms with Crippen molar-refractivity contribution in [3.8, 4) is 11.1 Å². The molecule has 1 atom stereocenters. The highest BCUT2D eigenvalue weighted by atomic mass is 15.8. The lowest BCUT2D eigenvalue weighted by molar-refractivity contribution is 0.571. The number of hydrazine groups is 1. The van der Waals surface area contributed by atoms with Crippen LogP contribution < -0.4 is 10.5 Å².